The number of nitrogens with zero attached hydrogens (tertiary/aromatic N) is 3. The van der Waals surface area contributed by atoms with Gasteiger partial charge in [-0.2, -0.15) is 0 Å². The molecule has 0 saturated carbocycles. The Kier molecular flexibility index (Phi) is 7.06. The number of rotatable bonds is 5. The lowest BCUT2D eigenvalue weighted by molar-refractivity contribution is -0.114. The van der Waals surface area contributed by atoms with Gasteiger partial charge in [-0.25, -0.2) is 14.4 Å². The van der Waals surface area contributed by atoms with Crippen LogP contribution < -0.4 is 16.0 Å². The summed E-state index contributed by atoms with van der Waals surface area (Å²) in [7, 11) is 0. The van der Waals surface area contributed by atoms with Crippen molar-refractivity contribution in [2.45, 2.75) is 0 Å². The Labute approximate surface area is 201 Å². The molecule has 0 unspecified atom stereocenters. The summed E-state index contributed by atoms with van der Waals surface area (Å²) in [5.41, 5.74) is 8.80. The third-order valence-electron chi connectivity index (χ3n) is 5.53. The first kappa shape index (κ1) is 23.6. The largest absolute Gasteiger partial charge is 0.437 e. The van der Waals surface area contributed by atoms with Crippen molar-refractivity contribution >= 4 is 40.9 Å². The van der Waals surface area contributed by atoms with Gasteiger partial charge in [-0.3, -0.25) is 4.79 Å². The van der Waals surface area contributed by atoms with Crippen molar-refractivity contribution < 1.29 is 18.3 Å². The summed E-state index contributed by atoms with van der Waals surface area (Å²) in [6.07, 6.45) is 1.49. The van der Waals surface area contributed by atoms with Crippen molar-refractivity contribution in [2.24, 2.45) is 5.73 Å². The first-order valence-electron chi connectivity index (χ1n) is 10.6. The second-order valence-electron chi connectivity index (χ2n) is 7.62. The topological polar surface area (TPSA) is 107 Å². The molecule has 3 N–H and O–H groups in total. The maximum atomic E-state index is 13.7. The summed E-state index contributed by atoms with van der Waals surface area (Å²) in [6, 6.07) is 13.5. The molecule has 1 aliphatic heterocycles. The van der Waals surface area contributed by atoms with E-state index in [2.05, 4.69) is 20.2 Å². The first-order chi connectivity index (χ1) is 16.1. The highest BCUT2D eigenvalue weighted by molar-refractivity contribution is 6.06. The monoisotopic (exact) mass is 483 g/mol. The Morgan fingerprint density at radius 1 is 1.03 bits per heavy atom. The predicted molar refractivity (Wildman–Crippen MR) is 131 cm³/mol. The van der Waals surface area contributed by atoms with Crippen molar-refractivity contribution in [1.29, 1.82) is 0 Å². The van der Waals surface area contributed by atoms with Crippen molar-refractivity contribution in [1.82, 2.24) is 9.97 Å². The van der Waals surface area contributed by atoms with Crippen molar-refractivity contribution in [3.63, 3.8) is 0 Å². The van der Waals surface area contributed by atoms with E-state index >= 15 is 0 Å². The van der Waals surface area contributed by atoms with Crippen LogP contribution in [0.4, 0.5) is 15.9 Å². The number of morpholine rings is 1. The Morgan fingerprint density at radius 3 is 2.38 bits per heavy atom. The Bertz CT molecular complexity index is 1290. The van der Waals surface area contributed by atoms with Crippen LogP contribution in [-0.4, -0.2) is 48.7 Å². The molecule has 0 atom stereocenters. The summed E-state index contributed by atoms with van der Waals surface area (Å²) < 4.78 is 25.4. The molecule has 0 radical (unpaired) electrons. The number of hydrogen-bond acceptors (Lipinski definition) is 7. The zero-order chi connectivity index (χ0) is 22.8. The fourth-order valence-electron chi connectivity index (χ4n) is 3.95. The number of carbonyl (C=O) groups excluding carboxylic acids is 1. The van der Waals surface area contributed by atoms with Gasteiger partial charge in [0.2, 0.25) is 11.6 Å². The number of halogens is 2. The van der Waals surface area contributed by atoms with Crippen LogP contribution in [0.3, 0.4) is 0 Å². The van der Waals surface area contributed by atoms with E-state index in [0.29, 0.717) is 43.5 Å². The summed E-state index contributed by atoms with van der Waals surface area (Å²) in [5.74, 6) is 0.745. The van der Waals surface area contributed by atoms with Gasteiger partial charge in [0, 0.05) is 29.9 Å². The molecule has 176 valence electrons. The van der Waals surface area contributed by atoms with E-state index in [0.717, 1.165) is 27.9 Å². The Morgan fingerprint density at radius 2 is 1.71 bits per heavy atom. The van der Waals surface area contributed by atoms with Crippen LogP contribution in [0, 0.1) is 5.82 Å². The maximum absolute atomic E-state index is 13.7. The van der Waals surface area contributed by atoms with E-state index in [9.17, 15) is 9.18 Å². The van der Waals surface area contributed by atoms with Gasteiger partial charge in [0.25, 0.3) is 0 Å². The van der Waals surface area contributed by atoms with E-state index in [1.54, 1.807) is 24.3 Å². The molecule has 2 aromatic carbocycles. The Balaban J connectivity index is 0.00000274. The fourth-order valence-corrected chi connectivity index (χ4v) is 3.95. The molecular weight excluding hydrogens is 461 g/mol. The SMILES string of the molecule is Cl.NCC(=O)Nc1ccc(-c2oc3ncnc(N4CCOCC4)c3c2-c2ccc(F)cc2)cc1. The van der Waals surface area contributed by atoms with Crippen molar-refractivity contribution in [3.8, 4) is 22.5 Å². The smallest absolute Gasteiger partial charge is 0.238 e. The lowest BCUT2D eigenvalue weighted by Gasteiger charge is -2.28. The second-order valence-corrected chi connectivity index (χ2v) is 7.62. The number of amides is 1. The average molecular weight is 484 g/mol. The third-order valence-corrected chi connectivity index (χ3v) is 5.53. The standard InChI is InChI=1S/C24H22FN5O3.ClH/c25-17-5-1-15(2-6-17)20-21-23(30-9-11-32-12-10-30)27-14-28-24(21)33-22(20)16-3-7-18(8-4-16)29-19(31)13-26;/h1-8,14H,9-13,26H2,(H,29,31);1H. The first-order valence-corrected chi connectivity index (χ1v) is 10.6. The molecule has 1 saturated heterocycles. The minimum absolute atomic E-state index is 0. The fraction of sp³-hybridized carbons (Fsp3) is 0.208. The van der Waals surface area contributed by atoms with Crippen LogP contribution in [0.25, 0.3) is 33.6 Å². The molecule has 0 aliphatic carbocycles. The van der Waals surface area contributed by atoms with Crippen LogP contribution in [0.5, 0.6) is 0 Å². The lowest BCUT2D eigenvalue weighted by atomic mass is 9.99. The van der Waals surface area contributed by atoms with E-state index in [1.165, 1.54) is 18.5 Å². The van der Waals surface area contributed by atoms with Gasteiger partial charge in [-0.15, -0.1) is 12.4 Å². The van der Waals surface area contributed by atoms with E-state index in [-0.39, 0.29) is 30.7 Å². The zero-order valence-corrected chi connectivity index (χ0v) is 19.0. The zero-order valence-electron chi connectivity index (χ0n) is 18.2. The van der Waals surface area contributed by atoms with Crippen molar-refractivity contribution in [3.05, 3.63) is 60.7 Å². The second kappa shape index (κ2) is 10.2. The summed E-state index contributed by atoms with van der Waals surface area (Å²) in [6.45, 7) is 2.52. The molecule has 0 bridgehead atoms. The number of fused-ring (bicyclic) bond motifs is 1. The van der Waals surface area contributed by atoms with Crippen LogP contribution in [-0.2, 0) is 9.53 Å². The average Bonchev–Trinajstić information content (AvgIpc) is 3.25. The number of nitrogens with two attached hydrogens (primary N) is 1. The van der Waals surface area contributed by atoms with Crippen LogP contribution in [0.2, 0.25) is 0 Å². The van der Waals surface area contributed by atoms with Gasteiger partial charge < -0.3 is 25.1 Å². The summed E-state index contributed by atoms with van der Waals surface area (Å²) >= 11 is 0. The van der Waals surface area contributed by atoms with E-state index in [4.69, 9.17) is 14.9 Å². The van der Waals surface area contributed by atoms with Crippen LogP contribution in [0.1, 0.15) is 0 Å². The molecule has 4 aromatic rings. The highest BCUT2D eigenvalue weighted by atomic mass is 35.5. The maximum Gasteiger partial charge on any atom is 0.238 e. The number of hydrogen-bond donors (Lipinski definition) is 2. The molecule has 5 rings (SSSR count). The van der Waals surface area contributed by atoms with Gasteiger partial charge in [0.05, 0.1) is 25.1 Å². The number of benzene rings is 2. The molecule has 1 fully saturated rings. The number of anilines is 2. The molecule has 10 heteroatoms. The minimum atomic E-state index is -0.322. The van der Waals surface area contributed by atoms with Gasteiger partial charge in [0.15, 0.2) is 0 Å². The minimum Gasteiger partial charge on any atom is -0.437 e. The van der Waals surface area contributed by atoms with Crippen molar-refractivity contribution in [2.75, 3.05) is 43.1 Å². The highest BCUT2D eigenvalue weighted by Gasteiger charge is 2.25. The number of furan rings is 1. The number of carbonyl (C=O) groups is 1. The number of nitrogens with one attached hydrogen (secondary N) is 1. The molecular formula is C24H23ClFN5O3. The summed E-state index contributed by atoms with van der Waals surface area (Å²) in [4.78, 5) is 22.7. The Hall–Kier alpha value is -3.53. The predicted octanol–water partition coefficient (Wildman–Crippen LogP) is 3.85. The normalized spacial score (nSPS) is 13.5. The van der Waals surface area contributed by atoms with Gasteiger partial charge in [-0.1, -0.05) is 12.1 Å². The lowest BCUT2D eigenvalue weighted by Crippen LogP contribution is -2.36. The molecule has 3 heterocycles. The molecule has 1 amide bonds. The molecule has 34 heavy (non-hydrogen) atoms. The van der Waals surface area contributed by atoms with E-state index < -0.39 is 0 Å². The quantitative estimate of drug-likeness (QED) is 0.444. The number of aromatic nitrogens is 2. The molecule has 2 aromatic heterocycles. The molecule has 8 nitrogen and oxygen atoms in total. The van der Waals surface area contributed by atoms with Gasteiger partial charge in [0.1, 0.15) is 23.7 Å². The third kappa shape index (κ3) is 4.58. The van der Waals surface area contributed by atoms with Crippen LogP contribution >= 0.6 is 12.4 Å². The van der Waals surface area contributed by atoms with Gasteiger partial charge in [-0.05, 0) is 42.0 Å². The number of ether oxygens (including phenoxy) is 1. The molecule has 1 aliphatic rings. The summed E-state index contributed by atoms with van der Waals surface area (Å²) in [5, 5.41) is 3.49. The van der Waals surface area contributed by atoms with Crippen LogP contribution in [0.15, 0.2) is 59.3 Å². The highest BCUT2D eigenvalue weighted by Crippen LogP contribution is 2.43. The van der Waals surface area contributed by atoms with E-state index in [1.807, 2.05) is 12.1 Å². The van der Waals surface area contributed by atoms with Gasteiger partial charge >= 0.3 is 0 Å². The molecule has 0 spiro atoms.